The Hall–Kier alpha value is -1.04. The fraction of sp³-hybridized carbons (Fsp3) is 0.167. The van der Waals surface area contributed by atoms with Crippen molar-refractivity contribution < 1.29 is 4.74 Å². The van der Waals surface area contributed by atoms with Crippen LogP contribution in [-0.2, 0) is 11.3 Å². The van der Waals surface area contributed by atoms with Crippen molar-refractivity contribution in [1.82, 2.24) is 9.97 Å². The Morgan fingerprint density at radius 2 is 2.18 bits per heavy atom. The molecule has 2 aromatic rings. The predicted molar refractivity (Wildman–Crippen MR) is 73.3 cm³/mol. The molecule has 0 spiro atoms. The lowest BCUT2D eigenvalue weighted by molar-refractivity contribution is 0.181. The van der Waals surface area contributed by atoms with Crippen LogP contribution in [0.1, 0.15) is 5.69 Å². The maximum atomic E-state index is 5.14. The largest absolute Gasteiger partial charge is 0.378 e. The van der Waals surface area contributed by atoms with E-state index < -0.39 is 0 Å². The Morgan fingerprint density at radius 1 is 1.41 bits per heavy atom. The van der Waals surface area contributed by atoms with Crippen LogP contribution >= 0.6 is 28.1 Å². The molecule has 0 bridgehead atoms. The van der Waals surface area contributed by atoms with Gasteiger partial charge in [-0.3, -0.25) is 0 Å². The molecule has 0 aliphatic carbocycles. The zero-order valence-corrected chi connectivity index (χ0v) is 11.6. The van der Waals surface area contributed by atoms with Gasteiger partial charge in [-0.05, 0) is 12.1 Å². The van der Waals surface area contributed by atoms with Crippen LogP contribution in [0.4, 0.5) is 0 Å². The van der Waals surface area contributed by atoms with Crippen LogP contribution in [0.15, 0.2) is 34.8 Å². The van der Waals surface area contributed by atoms with Gasteiger partial charge in [0.1, 0.15) is 10.5 Å². The van der Waals surface area contributed by atoms with Crippen LogP contribution < -0.4 is 0 Å². The van der Waals surface area contributed by atoms with Gasteiger partial charge in [-0.15, -0.1) is 0 Å². The SMILES string of the molecule is COCc1cc(=S)nc(-c2ccccc2Br)[nH]1. The number of H-pyrrole nitrogens is 1. The Balaban J connectivity index is 2.52. The highest BCUT2D eigenvalue weighted by Crippen LogP contribution is 2.25. The van der Waals surface area contributed by atoms with E-state index >= 15 is 0 Å². The number of methoxy groups -OCH3 is 1. The Labute approximate surface area is 113 Å². The second kappa shape index (κ2) is 5.53. The number of halogens is 1. The van der Waals surface area contributed by atoms with Crippen molar-refractivity contribution in [3.8, 4) is 11.4 Å². The van der Waals surface area contributed by atoms with Crippen LogP contribution in [0.5, 0.6) is 0 Å². The Morgan fingerprint density at radius 3 is 2.88 bits per heavy atom. The summed E-state index contributed by atoms with van der Waals surface area (Å²) >= 11 is 8.64. The molecule has 17 heavy (non-hydrogen) atoms. The lowest BCUT2D eigenvalue weighted by atomic mass is 10.2. The molecule has 0 aliphatic heterocycles. The van der Waals surface area contributed by atoms with E-state index in [1.165, 1.54) is 0 Å². The van der Waals surface area contributed by atoms with Gasteiger partial charge in [-0.25, -0.2) is 4.98 Å². The van der Waals surface area contributed by atoms with Crippen molar-refractivity contribution in [3.05, 3.63) is 45.1 Å². The zero-order valence-electron chi connectivity index (χ0n) is 9.24. The summed E-state index contributed by atoms with van der Waals surface area (Å²) in [7, 11) is 1.65. The minimum Gasteiger partial charge on any atom is -0.378 e. The number of aromatic amines is 1. The topological polar surface area (TPSA) is 37.9 Å². The van der Waals surface area contributed by atoms with E-state index in [0.717, 1.165) is 21.6 Å². The van der Waals surface area contributed by atoms with Crippen molar-refractivity contribution in [1.29, 1.82) is 0 Å². The van der Waals surface area contributed by atoms with Gasteiger partial charge in [-0.2, -0.15) is 0 Å². The molecule has 0 aliphatic rings. The summed E-state index contributed by atoms with van der Waals surface area (Å²) in [6, 6.07) is 9.67. The molecular weight excluding hydrogens is 300 g/mol. The molecule has 3 nitrogen and oxygen atoms in total. The molecule has 88 valence electrons. The molecule has 0 fully saturated rings. The van der Waals surface area contributed by atoms with Crippen molar-refractivity contribution >= 4 is 28.1 Å². The van der Waals surface area contributed by atoms with E-state index in [1.54, 1.807) is 13.2 Å². The smallest absolute Gasteiger partial charge is 0.140 e. The average Bonchev–Trinajstić information content (AvgIpc) is 2.29. The maximum absolute atomic E-state index is 5.14. The summed E-state index contributed by atoms with van der Waals surface area (Å²) in [4.78, 5) is 7.53. The van der Waals surface area contributed by atoms with Gasteiger partial charge in [0, 0.05) is 22.8 Å². The van der Waals surface area contributed by atoms with Gasteiger partial charge in [0.15, 0.2) is 0 Å². The molecule has 1 aromatic heterocycles. The molecule has 1 heterocycles. The molecule has 0 amide bonds. The van der Waals surface area contributed by atoms with Crippen molar-refractivity contribution in [3.63, 3.8) is 0 Å². The van der Waals surface area contributed by atoms with E-state index in [-0.39, 0.29) is 0 Å². The first kappa shape index (κ1) is 12.4. The standard InChI is InChI=1S/C12H11BrN2OS/c1-16-7-8-6-11(17)15-12(14-8)9-4-2-3-5-10(9)13/h2-6H,7H2,1H3,(H,14,15,17). The number of hydrogen-bond acceptors (Lipinski definition) is 3. The molecule has 0 radical (unpaired) electrons. The second-order valence-electron chi connectivity index (χ2n) is 3.51. The highest BCUT2D eigenvalue weighted by molar-refractivity contribution is 9.10. The van der Waals surface area contributed by atoms with Crippen LogP contribution in [-0.4, -0.2) is 17.1 Å². The van der Waals surface area contributed by atoms with E-state index in [4.69, 9.17) is 17.0 Å². The fourth-order valence-electron chi connectivity index (χ4n) is 1.52. The van der Waals surface area contributed by atoms with Gasteiger partial charge in [-0.1, -0.05) is 46.3 Å². The summed E-state index contributed by atoms with van der Waals surface area (Å²) < 4.78 is 6.62. The van der Waals surface area contributed by atoms with Crippen molar-refractivity contribution in [2.75, 3.05) is 7.11 Å². The molecule has 1 aromatic carbocycles. The molecule has 5 heteroatoms. The summed E-state index contributed by atoms with van der Waals surface area (Å²) in [6.07, 6.45) is 0. The summed E-state index contributed by atoms with van der Waals surface area (Å²) in [5, 5.41) is 0. The summed E-state index contributed by atoms with van der Waals surface area (Å²) in [6.45, 7) is 0.490. The number of nitrogens with zero attached hydrogens (tertiary/aromatic N) is 1. The monoisotopic (exact) mass is 310 g/mol. The molecule has 0 unspecified atom stereocenters. The van der Waals surface area contributed by atoms with Gasteiger partial charge < -0.3 is 9.72 Å². The van der Waals surface area contributed by atoms with Gasteiger partial charge in [0.2, 0.25) is 0 Å². The summed E-state index contributed by atoms with van der Waals surface area (Å²) in [5.74, 6) is 0.747. The lowest BCUT2D eigenvalue weighted by Crippen LogP contribution is -1.97. The molecule has 2 rings (SSSR count). The molecule has 1 N–H and O–H groups in total. The predicted octanol–water partition coefficient (Wildman–Crippen LogP) is 3.72. The molecule has 0 atom stereocenters. The number of hydrogen-bond donors (Lipinski definition) is 1. The van der Waals surface area contributed by atoms with Crippen LogP contribution in [0.2, 0.25) is 0 Å². The van der Waals surface area contributed by atoms with Crippen molar-refractivity contribution in [2.24, 2.45) is 0 Å². The van der Waals surface area contributed by atoms with Crippen LogP contribution in [0, 0.1) is 4.64 Å². The minimum atomic E-state index is 0.490. The molecule has 0 saturated carbocycles. The lowest BCUT2D eigenvalue weighted by Gasteiger charge is -2.06. The Bertz CT molecular complexity index is 583. The third kappa shape index (κ3) is 3.00. The fourth-order valence-corrected chi connectivity index (χ4v) is 2.23. The number of nitrogens with one attached hydrogen (secondary N) is 1. The highest BCUT2D eigenvalue weighted by Gasteiger charge is 2.05. The zero-order chi connectivity index (χ0) is 12.3. The number of rotatable bonds is 3. The first-order valence-electron chi connectivity index (χ1n) is 5.05. The Kier molecular flexibility index (Phi) is 4.04. The highest BCUT2D eigenvalue weighted by atomic mass is 79.9. The summed E-state index contributed by atoms with van der Waals surface area (Å²) in [5.41, 5.74) is 1.90. The van der Waals surface area contributed by atoms with E-state index in [9.17, 15) is 0 Å². The maximum Gasteiger partial charge on any atom is 0.140 e. The first-order chi connectivity index (χ1) is 8.20. The quantitative estimate of drug-likeness (QED) is 0.878. The normalized spacial score (nSPS) is 10.5. The van der Waals surface area contributed by atoms with Crippen LogP contribution in [0.3, 0.4) is 0 Å². The third-order valence-electron chi connectivity index (χ3n) is 2.23. The number of aromatic nitrogens is 2. The van der Waals surface area contributed by atoms with Crippen LogP contribution in [0.25, 0.3) is 11.4 Å². The van der Waals surface area contributed by atoms with E-state index in [0.29, 0.717) is 11.2 Å². The van der Waals surface area contributed by atoms with Gasteiger partial charge in [0.25, 0.3) is 0 Å². The minimum absolute atomic E-state index is 0.490. The number of benzene rings is 1. The van der Waals surface area contributed by atoms with E-state index in [2.05, 4.69) is 25.9 Å². The first-order valence-corrected chi connectivity index (χ1v) is 6.25. The number of ether oxygens (including phenoxy) is 1. The third-order valence-corrected chi connectivity index (χ3v) is 3.13. The van der Waals surface area contributed by atoms with E-state index in [1.807, 2.05) is 24.3 Å². The van der Waals surface area contributed by atoms with Crippen molar-refractivity contribution in [2.45, 2.75) is 6.61 Å². The van der Waals surface area contributed by atoms with Gasteiger partial charge >= 0.3 is 0 Å². The second-order valence-corrected chi connectivity index (χ2v) is 4.78. The molecule has 0 saturated heterocycles. The van der Waals surface area contributed by atoms with Gasteiger partial charge in [0.05, 0.1) is 6.61 Å². The average molecular weight is 311 g/mol. The molecular formula is C12H11BrN2OS.